The van der Waals surface area contributed by atoms with Crippen molar-refractivity contribution in [1.82, 2.24) is 9.80 Å². The third kappa shape index (κ3) is 3.12. The van der Waals surface area contributed by atoms with Gasteiger partial charge in [0.25, 0.3) is 0 Å². The number of hydrogen-bond donors (Lipinski definition) is 0. The molecule has 1 saturated heterocycles. The molecule has 0 bridgehead atoms. The van der Waals surface area contributed by atoms with E-state index in [2.05, 4.69) is 51.6 Å². The van der Waals surface area contributed by atoms with E-state index in [4.69, 9.17) is 0 Å². The number of aryl methyl sites for hydroxylation is 1. The first-order valence-corrected chi connectivity index (χ1v) is 9.32. The summed E-state index contributed by atoms with van der Waals surface area (Å²) >= 11 is 1.88. The maximum atomic E-state index is 2.74. The Morgan fingerprint density at radius 1 is 0.955 bits per heavy atom. The van der Waals surface area contributed by atoms with Crippen LogP contribution in [0.5, 0.6) is 0 Å². The molecule has 1 aliphatic carbocycles. The van der Waals surface area contributed by atoms with Crippen LogP contribution in [-0.4, -0.2) is 42.0 Å². The van der Waals surface area contributed by atoms with E-state index in [0.29, 0.717) is 0 Å². The van der Waals surface area contributed by atoms with Gasteiger partial charge in [-0.25, -0.2) is 0 Å². The molecule has 0 spiro atoms. The number of benzene rings is 1. The smallest absolute Gasteiger partial charge is 0.0328 e. The van der Waals surface area contributed by atoms with Gasteiger partial charge in [0.1, 0.15) is 0 Å². The Kier molecular flexibility index (Phi) is 4.28. The molecule has 3 heteroatoms. The zero-order valence-electron chi connectivity index (χ0n) is 13.1. The summed E-state index contributed by atoms with van der Waals surface area (Å²) in [5, 5.41) is 2.19. The second-order valence-corrected chi connectivity index (χ2v) is 7.59. The molecule has 1 aromatic carbocycles. The van der Waals surface area contributed by atoms with Crippen molar-refractivity contribution in [2.75, 3.05) is 26.2 Å². The average molecular weight is 312 g/mol. The van der Waals surface area contributed by atoms with Crippen LogP contribution in [0.15, 0.2) is 41.8 Å². The molecule has 1 atom stereocenters. The van der Waals surface area contributed by atoms with Crippen LogP contribution in [0.2, 0.25) is 0 Å². The van der Waals surface area contributed by atoms with Gasteiger partial charge in [-0.1, -0.05) is 30.3 Å². The molecular formula is C19H24N2S. The molecule has 0 radical (unpaired) electrons. The van der Waals surface area contributed by atoms with Gasteiger partial charge >= 0.3 is 0 Å². The normalized spacial score (nSPS) is 23.4. The number of thiophene rings is 1. The molecule has 0 unspecified atom stereocenters. The highest BCUT2D eigenvalue weighted by Crippen LogP contribution is 2.25. The van der Waals surface area contributed by atoms with Crippen LogP contribution in [0.4, 0.5) is 0 Å². The summed E-state index contributed by atoms with van der Waals surface area (Å²) in [6.07, 6.45) is 3.85. The Bertz CT molecular complexity index is 600. The summed E-state index contributed by atoms with van der Waals surface area (Å²) in [5.74, 6) is 0. The zero-order chi connectivity index (χ0) is 14.8. The van der Waals surface area contributed by atoms with Crippen molar-refractivity contribution >= 4 is 11.3 Å². The Morgan fingerprint density at radius 2 is 1.77 bits per heavy atom. The van der Waals surface area contributed by atoms with E-state index in [1.807, 2.05) is 11.3 Å². The monoisotopic (exact) mass is 312 g/mol. The quantitative estimate of drug-likeness (QED) is 0.857. The summed E-state index contributed by atoms with van der Waals surface area (Å²) in [4.78, 5) is 6.85. The van der Waals surface area contributed by atoms with Crippen LogP contribution < -0.4 is 0 Å². The van der Waals surface area contributed by atoms with Crippen molar-refractivity contribution in [1.29, 1.82) is 0 Å². The van der Waals surface area contributed by atoms with Crippen molar-refractivity contribution in [3.63, 3.8) is 0 Å². The number of hydrogen-bond acceptors (Lipinski definition) is 3. The molecular weight excluding hydrogens is 288 g/mol. The van der Waals surface area contributed by atoms with Gasteiger partial charge in [0, 0.05) is 43.6 Å². The fourth-order valence-corrected chi connectivity index (χ4v) is 4.65. The van der Waals surface area contributed by atoms with Crippen molar-refractivity contribution in [2.24, 2.45) is 0 Å². The van der Waals surface area contributed by atoms with Gasteiger partial charge in [0.2, 0.25) is 0 Å². The van der Waals surface area contributed by atoms with Gasteiger partial charge < -0.3 is 0 Å². The molecule has 0 amide bonds. The first-order chi connectivity index (χ1) is 10.9. The SMILES string of the molecule is c1csc(CN2CCN([C@H]3CCc4ccccc4C3)CC2)c1. The molecule has 2 aliphatic rings. The minimum absolute atomic E-state index is 0.763. The van der Waals surface area contributed by atoms with E-state index in [1.165, 1.54) is 50.3 Å². The fraction of sp³-hybridized carbons (Fsp3) is 0.474. The van der Waals surface area contributed by atoms with Crippen LogP contribution in [-0.2, 0) is 19.4 Å². The van der Waals surface area contributed by atoms with Gasteiger partial charge in [-0.3, -0.25) is 9.80 Å². The first-order valence-electron chi connectivity index (χ1n) is 8.44. The second-order valence-electron chi connectivity index (χ2n) is 6.56. The predicted octanol–water partition coefficient (Wildman–Crippen LogP) is 3.42. The predicted molar refractivity (Wildman–Crippen MR) is 93.4 cm³/mol. The van der Waals surface area contributed by atoms with Crippen molar-refractivity contribution in [3.05, 3.63) is 57.8 Å². The zero-order valence-corrected chi connectivity index (χ0v) is 13.9. The lowest BCUT2D eigenvalue weighted by molar-refractivity contribution is 0.0862. The van der Waals surface area contributed by atoms with E-state index < -0.39 is 0 Å². The summed E-state index contributed by atoms with van der Waals surface area (Å²) < 4.78 is 0. The van der Waals surface area contributed by atoms with Crippen LogP contribution in [0.3, 0.4) is 0 Å². The van der Waals surface area contributed by atoms with E-state index in [0.717, 1.165) is 12.6 Å². The maximum Gasteiger partial charge on any atom is 0.0328 e. The number of nitrogens with zero attached hydrogens (tertiary/aromatic N) is 2. The maximum absolute atomic E-state index is 2.74. The molecule has 116 valence electrons. The topological polar surface area (TPSA) is 6.48 Å². The molecule has 4 rings (SSSR count). The van der Waals surface area contributed by atoms with Gasteiger partial charge in [0.05, 0.1) is 0 Å². The van der Waals surface area contributed by atoms with Gasteiger partial charge in [-0.2, -0.15) is 0 Å². The summed E-state index contributed by atoms with van der Waals surface area (Å²) in [6, 6.07) is 14.2. The highest BCUT2D eigenvalue weighted by Gasteiger charge is 2.27. The summed E-state index contributed by atoms with van der Waals surface area (Å²) in [5.41, 5.74) is 3.16. The van der Waals surface area contributed by atoms with Gasteiger partial charge in [0.15, 0.2) is 0 Å². The Morgan fingerprint density at radius 3 is 2.55 bits per heavy atom. The lowest BCUT2D eigenvalue weighted by Gasteiger charge is -2.41. The molecule has 0 N–H and O–H groups in total. The van der Waals surface area contributed by atoms with Crippen LogP contribution in [0, 0.1) is 0 Å². The third-order valence-corrected chi connectivity index (χ3v) is 6.06. The Balaban J connectivity index is 1.32. The minimum atomic E-state index is 0.763. The Labute approximate surface area is 137 Å². The van der Waals surface area contributed by atoms with E-state index in [9.17, 15) is 0 Å². The summed E-state index contributed by atoms with van der Waals surface area (Å²) in [6.45, 7) is 6.04. The molecule has 2 heterocycles. The lowest BCUT2D eigenvalue weighted by atomic mass is 9.87. The standard InChI is InChI=1S/C19H24N2S/c1-2-5-17-14-18(8-7-16(17)4-1)21-11-9-20(10-12-21)15-19-6-3-13-22-19/h1-6,13,18H,7-12,14-15H2/t18-/m0/s1. The molecule has 1 aromatic heterocycles. The minimum Gasteiger partial charge on any atom is -0.298 e. The van der Waals surface area contributed by atoms with Crippen molar-refractivity contribution in [2.45, 2.75) is 31.8 Å². The first kappa shape index (κ1) is 14.4. The molecule has 22 heavy (non-hydrogen) atoms. The largest absolute Gasteiger partial charge is 0.298 e. The molecule has 2 aromatic rings. The fourth-order valence-electron chi connectivity index (χ4n) is 3.90. The molecule has 1 aliphatic heterocycles. The third-order valence-electron chi connectivity index (χ3n) is 5.20. The number of piperazine rings is 1. The van der Waals surface area contributed by atoms with Gasteiger partial charge in [-0.05, 0) is 41.8 Å². The van der Waals surface area contributed by atoms with Crippen LogP contribution in [0.25, 0.3) is 0 Å². The highest BCUT2D eigenvalue weighted by molar-refractivity contribution is 7.09. The number of fused-ring (bicyclic) bond motifs is 1. The average Bonchev–Trinajstić information content (AvgIpc) is 3.08. The van der Waals surface area contributed by atoms with Crippen LogP contribution >= 0.6 is 11.3 Å². The van der Waals surface area contributed by atoms with Crippen LogP contribution in [0.1, 0.15) is 22.4 Å². The van der Waals surface area contributed by atoms with Crippen molar-refractivity contribution < 1.29 is 0 Å². The Hall–Kier alpha value is -1.16. The number of rotatable bonds is 3. The lowest BCUT2D eigenvalue weighted by Crippen LogP contribution is -2.51. The molecule has 1 fully saturated rings. The highest BCUT2D eigenvalue weighted by atomic mass is 32.1. The molecule has 2 nitrogen and oxygen atoms in total. The van der Waals surface area contributed by atoms with E-state index in [-0.39, 0.29) is 0 Å². The van der Waals surface area contributed by atoms with Gasteiger partial charge in [-0.15, -0.1) is 11.3 Å². The summed E-state index contributed by atoms with van der Waals surface area (Å²) in [7, 11) is 0. The van der Waals surface area contributed by atoms with Crippen molar-refractivity contribution in [3.8, 4) is 0 Å². The van der Waals surface area contributed by atoms with E-state index in [1.54, 1.807) is 11.1 Å². The second kappa shape index (κ2) is 6.53. The molecule has 0 saturated carbocycles. The van der Waals surface area contributed by atoms with E-state index >= 15 is 0 Å².